The maximum atomic E-state index is 10.9. The highest BCUT2D eigenvalue weighted by Gasteiger charge is 2.15. The first-order chi connectivity index (χ1) is 6.22. The Hall–Kier alpha value is -0.280. The Morgan fingerprint density at radius 1 is 1.38 bits per heavy atom. The van der Waals surface area contributed by atoms with Crippen molar-refractivity contribution < 1.29 is 14.3 Å². The summed E-state index contributed by atoms with van der Waals surface area (Å²) >= 11 is 5.59. The number of hydrogen-bond donors (Lipinski definition) is 0. The molecule has 0 aliphatic heterocycles. The van der Waals surface area contributed by atoms with Crippen molar-refractivity contribution in [1.29, 1.82) is 0 Å². The minimum Gasteiger partial charge on any atom is -0.463 e. The van der Waals surface area contributed by atoms with Gasteiger partial charge < -0.3 is 9.47 Å². The standard InChI is InChI=1S/C9H17ClO3/c1-3-5-6-7-13-8(10)9(11)12-4-2/h8H,3-7H2,1-2H3. The predicted octanol–water partition coefficient (Wildman–Crippen LogP) is 2.32. The third-order valence-corrected chi connectivity index (χ3v) is 1.79. The molecule has 0 spiro atoms. The van der Waals surface area contributed by atoms with Gasteiger partial charge in [0.1, 0.15) is 0 Å². The van der Waals surface area contributed by atoms with E-state index in [0.717, 1.165) is 19.3 Å². The molecule has 0 bridgehead atoms. The lowest BCUT2D eigenvalue weighted by atomic mass is 10.3. The Kier molecular flexibility index (Phi) is 8.14. The zero-order valence-electron chi connectivity index (χ0n) is 8.22. The Morgan fingerprint density at radius 3 is 2.62 bits per heavy atom. The molecule has 0 radical (unpaired) electrons. The number of esters is 1. The Morgan fingerprint density at radius 2 is 2.08 bits per heavy atom. The summed E-state index contributed by atoms with van der Waals surface area (Å²) in [7, 11) is 0. The topological polar surface area (TPSA) is 35.5 Å². The van der Waals surface area contributed by atoms with Crippen LogP contribution in [0.2, 0.25) is 0 Å². The summed E-state index contributed by atoms with van der Waals surface area (Å²) in [5.41, 5.74) is -0.947. The second kappa shape index (κ2) is 8.32. The lowest BCUT2D eigenvalue weighted by Gasteiger charge is -2.09. The minimum absolute atomic E-state index is 0.334. The molecule has 13 heavy (non-hydrogen) atoms. The molecule has 0 aromatic rings. The molecule has 0 aliphatic carbocycles. The first kappa shape index (κ1) is 12.7. The summed E-state index contributed by atoms with van der Waals surface area (Å²) in [5.74, 6) is -0.499. The van der Waals surface area contributed by atoms with Crippen molar-refractivity contribution in [2.45, 2.75) is 38.7 Å². The fourth-order valence-corrected chi connectivity index (χ4v) is 0.967. The molecule has 1 atom stereocenters. The van der Waals surface area contributed by atoms with Gasteiger partial charge in [-0.25, -0.2) is 4.79 Å². The van der Waals surface area contributed by atoms with Crippen LogP contribution >= 0.6 is 11.6 Å². The summed E-state index contributed by atoms with van der Waals surface area (Å²) in [6, 6.07) is 0. The van der Waals surface area contributed by atoms with Gasteiger partial charge in [-0.1, -0.05) is 31.4 Å². The second-order valence-corrected chi connectivity index (χ2v) is 3.04. The summed E-state index contributed by atoms with van der Waals surface area (Å²) in [6.07, 6.45) is 3.14. The van der Waals surface area contributed by atoms with Crippen molar-refractivity contribution in [1.82, 2.24) is 0 Å². The zero-order chi connectivity index (χ0) is 10.1. The van der Waals surface area contributed by atoms with Crippen LogP contribution in [0.15, 0.2) is 0 Å². The number of hydrogen-bond acceptors (Lipinski definition) is 3. The number of alkyl halides is 1. The molecule has 0 saturated heterocycles. The highest BCUT2D eigenvalue weighted by molar-refractivity contribution is 6.28. The average molecular weight is 209 g/mol. The van der Waals surface area contributed by atoms with Crippen molar-refractivity contribution in [3.05, 3.63) is 0 Å². The van der Waals surface area contributed by atoms with Crippen molar-refractivity contribution in [2.24, 2.45) is 0 Å². The zero-order valence-corrected chi connectivity index (χ0v) is 8.97. The first-order valence-corrected chi connectivity index (χ1v) is 5.08. The van der Waals surface area contributed by atoms with Crippen LogP contribution in [0.25, 0.3) is 0 Å². The van der Waals surface area contributed by atoms with Gasteiger partial charge in [0.25, 0.3) is 0 Å². The van der Waals surface area contributed by atoms with Crippen molar-refractivity contribution in [3.63, 3.8) is 0 Å². The lowest BCUT2D eigenvalue weighted by Crippen LogP contribution is -2.21. The monoisotopic (exact) mass is 208 g/mol. The highest BCUT2D eigenvalue weighted by Crippen LogP contribution is 2.03. The minimum atomic E-state index is -0.947. The van der Waals surface area contributed by atoms with E-state index >= 15 is 0 Å². The molecule has 78 valence electrons. The van der Waals surface area contributed by atoms with Crippen LogP contribution in [0.3, 0.4) is 0 Å². The molecule has 4 heteroatoms. The molecular weight excluding hydrogens is 192 g/mol. The van der Waals surface area contributed by atoms with Crippen LogP contribution in [0.5, 0.6) is 0 Å². The maximum Gasteiger partial charge on any atom is 0.350 e. The molecule has 0 aromatic heterocycles. The SMILES string of the molecule is CCCCCOC(Cl)C(=O)OCC. The van der Waals surface area contributed by atoms with E-state index in [-0.39, 0.29) is 0 Å². The van der Waals surface area contributed by atoms with Crippen LogP contribution in [0.1, 0.15) is 33.1 Å². The van der Waals surface area contributed by atoms with Crippen LogP contribution in [0.4, 0.5) is 0 Å². The Bertz CT molecular complexity index is 139. The highest BCUT2D eigenvalue weighted by atomic mass is 35.5. The van der Waals surface area contributed by atoms with E-state index in [1.54, 1.807) is 6.92 Å². The molecular formula is C9H17ClO3. The van der Waals surface area contributed by atoms with E-state index in [1.165, 1.54) is 0 Å². The third-order valence-electron chi connectivity index (χ3n) is 1.48. The molecule has 0 rings (SSSR count). The smallest absolute Gasteiger partial charge is 0.350 e. The number of rotatable bonds is 7. The van der Waals surface area contributed by atoms with E-state index in [2.05, 4.69) is 11.7 Å². The summed E-state index contributed by atoms with van der Waals surface area (Å²) in [6.45, 7) is 4.68. The average Bonchev–Trinajstić information content (AvgIpc) is 2.12. The number of halogens is 1. The molecule has 0 heterocycles. The fourth-order valence-electron chi connectivity index (χ4n) is 0.815. The summed E-state index contributed by atoms with van der Waals surface area (Å²) in [4.78, 5) is 10.9. The van der Waals surface area contributed by atoms with Crippen LogP contribution in [-0.4, -0.2) is 24.7 Å². The number of ether oxygens (including phenoxy) is 2. The molecule has 0 amide bonds. The lowest BCUT2D eigenvalue weighted by molar-refractivity contribution is -0.151. The molecule has 3 nitrogen and oxygen atoms in total. The number of carbonyl (C=O) groups is 1. The molecule has 1 unspecified atom stereocenters. The van der Waals surface area contributed by atoms with Crippen molar-refractivity contribution >= 4 is 17.6 Å². The van der Waals surface area contributed by atoms with Crippen LogP contribution < -0.4 is 0 Å². The quantitative estimate of drug-likeness (QED) is 0.366. The molecule has 0 aromatic carbocycles. The van der Waals surface area contributed by atoms with Gasteiger partial charge in [-0.2, -0.15) is 0 Å². The third kappa shape index (κ3) is 6.84. The number of unbranched alkanes of at least 4 members (excludes halogenated alkanes) is 2. The molecule has 0 N–H and O–H groups in total. The molecule has 0 aliphatic rings. The van der Waals surface area contributed by atoms with E-state index in [9.17, 15) is 4.79 Å². The van der Waals surface area contributed by atoms with Gasteiger partial charge in [-0.05, 0) is 13.3 Å². The van der Waals surface area contributed by atoms with E-state index in [4.69, 9.17) is 16.3 Å². The van der Waals surface area contributed by atoms with Crippen molar-refractivity contribution in [3.8, 4) is 0 Å². The fraction of sp³-hybridized carbons (Fsp3) is 0.889. The van der Waals surface area contributed by atoms with E-state index < -0.39 is 11.5 Å². The molecule has 0 saturated carbocycles. The summed E-state index contributed by atoms with van der Waals surface area (Å²) < 4.78 is 9.71. The van der Waals surface area contributed by atoms with Gasteiger partial charge in [0.15, 0.2) is 0 Å². The van der Waals surface area contributed by atoms with Gasteiger partial charge in [0.2, 0.25) is 5.56 Å². The van der Waals surface area contributed by atoms with Gasteiger partial charge in [0.05, 0.1) is 6.61 Å². The van der Waals surface area contributed by atoms with Crippen LogP contribution in [0, 0.1) is 0 Å². The van der Waals surface area contributed by atoms with Gasteiger partial charge in [-0.3, -0.25) is 0 Å². The van der Waals surface area contributed by atoms with Crippen molar-refractivity contribution in [2.75, 3.05) is 13.2 Å². The summed E-state index contributed by atoms with van der Waals surface area (Å²) in [5, 5.41) is 0. The Labute approximate surface area is 84.4 Å². The molecule has 0 fully saturated rings. The number of carbonyl (C=O) groups excluding carboxylic acids is 1. The van der Waals surface area contributed by atoms with Gasteiger partial charge >= 0.3 is 5.97 Å². The largest absolute Gasteiger partial charge is 0.463 e. The van der Waals surface area contributed by atoms with Crippen LogP contribution in [-0.2, 0) is 14.3 Å². The van der Waals surface area contributed by atoms with E-state index in [0.29, 0.717) is 13.2 Å². The van der Waals surface area contributed by atoms with Gasteiger partial charge in [-0.15, -0.1) is 0 Å². The Balaban J connectivity index is 3.38. The van der Waals surface area contributed by atoms with E-state index in [1.807, 2.05) is 0 Å². The first-order valence-electron chi connectivity index (χ1n) is 4.64. The maximum absolute atomic E-state index is 10.9. The second-order valence-electron chi connectivity index (χ2n) is 2.65. The van der Waals surface area contributed by atoms with Gasteiger partial charge in [0, 0.05) is 6.61 Å². The predicted molar refractivity (Wildman–Crippen MR) is 51.8 cm³/mol. The normalized spacial score (nSPS) is 12.5.